The Bertz CT molecular complexity index is 658. The lowest BCUT2D eigenvalue weighted by atomic mass is 10.1. The highest BCUT2D eigenvalue weighted by Gasteiger charge is 2.14. The fourth-order valence-corrected chi connectivity index (χ4v) is 2.16. The smallest absolute Gasteiger partial charge is 0.340 e. The first-order chi connectivity index (χ1) is 10.6. The number of hydrogen-bond donors (Lipinski definition) is 1. The van der Waals surface area contributed by atoms with Crippen molar-refractivity contribution in [2.45, 2.75) is 13.0 Å². The summed E-state index contributed by atoms with van der Waals surface area (Å²) in [5, 5.41) is 3.07. The van der Waals surface area contributed by atoms with E-state index in [1.165, 1.54) is 0 Å². The van der Waals surface area contributed by atoms with E-state index in [9.17, 15) is 9.59 Å². The van der Waals surface area contributed by atoms with Gasteiger partial charge in [0, 0.05) is 0 Å². The lowest BCUT2D eigenvalue weighted by molar-refractivity contribution is -0.124. The normalized spacial score (nSPS) is 11.5. The predicted octanol–water partition coefficient (Wildman–Crippen LogP) is 3.37. The molecule has 0 saturated heterocycles. The Morgan fingerprint density at radius 2 is 1.73 bits per heavy atom. The summed E-state index contributed by atoms with van der Waals surface area (Å²) in [5.74, 6) is -0.982. The van der Waals surface area contributed by atoms with Gasteiger partial charge in [-0.25, -0.2) is 4.79 Å². The van der Waals surface area contributed by atoms with Crippen LogP contribution in [-0.2, 0) is 9.53 Å². The lowest BCUT2D eigenvalue weighted by Gasteiger charge is -2.14. The van der Waals surface area contributed by atoms with Gasteiger partial charge >= 0.3 is 5.97 Å². The van der Waals surface area contributed by atoms with Gasteiger partial charge < -0.3 is 10.1 Å². The van der Waals surface area contributed by atoms with Gasteiger partial charge in [-0.1, -0.05) is 54.1 Å². The number of esters is 1. The monoisotopic (exact) mass is 317 g/mol. The molecular weight excluding hydrogens is 302 g/mol. The summed E-state index contributed by atoms with van der Waals surface area (Å²) in [7, 11) is 0. The summed E-state index contributed by atoms with van der Waals surface area (Å²) in [5.41, 5.74) is 1.22. The summed E-state index contributed by atoms with van der Waals surface area (Å²) < 4.78 is 4.97. The molecule has 0 spiro atoms. The third-order valence-electron chi connectivity index (χ3n) is 3.11. The molecule has 4 nitrogen and oxygen atoms in total. The SMILES string of the molecule is C[C@H](NC(=O)COC(=O)c1ccccc1Cl)c1ccccc1. The van der Waals surface area contributed by atoms with Gasteiger partial charge in [-0.3, -0.25) is 4.79 Å². The van der Waals surface area contributed by atoms with Crippen LogP contribution in [0.1, 0.15) is 28.9 Å². The standard InChI is InChI=1S/C17H16ClNO3/c1-12(13-7-3-2-4-8-13)19-16(20)11-22-17(21)14-9-5-6-10-15(14)18/h2-10,12H,11H2,1H3,(H,19,20)/t12-/m0/s1. The molecule has 0 aromatic heterocycles. The molecule has 0 saturated carbocycles. The van der Waals surface area contributed by atoms with Crippen LogP contribution < -0.4 is 5.32 Å². The van der Waals surface area contributed by atoms with Gasteiger partial charge in [0.15, 0.2) is 6.61 Å². The zero-order chi connectivity index (χ0) is 15.9. The zero-order valence-corrected chi connectivity index (χ0v) is 12.8. The molecule has 22 heavy (non-hydrogen) atoms. The fraction of sp³-hybridized carbons (Fsp3) is 0.176. The summed E-state index contributed by atoms with van der Waals surface area (Å²) in [6, 6.07) is 15.9. The Labute approximate surface area is 134 Å². The predicted molar refractivity (Wildman–Crippen MR) is 84.7 cm³/mol. The third kappa shape index (κ3) is 4.33. The van der Waals surface area contributed by atoms with E-state index in [4.69, 9.17) is 16.3 Å². The van der Waals surface area contributed by atoms with E-state index in [1.54, 1.807) is 24.3 Å². The van der Waals surface area contributed by atoms with E-state index in [0.717, 1.165) is 5.56 Å². The van der Waals surface area contributed by atoms with E-state index in [1.807, 2.05) is 37.3 Å². The summed E-state index contributed by atoms with van der Waals surface area (Å²) >= 11 is 5.90. The first kappa shape index (κ1) is 16.0. The Morgan fingerprint density at radius 3 is 2.41 bits per heavy atom. The maximum atomic E-state index is 11.8. The molecule has 2 rings (SSSR count). The molecule has 5 heteroatoms. The zero-order valence-electron chi connectivity index (χ0n) is 12.1. The molecule has 1 N–H and O–H groups in total. The first-order valence-electron chi connectivity index (χ1n) is 6.84. The van der Waals surface area contributed by atoms with Crippen molar-refractivity contribution < 1.29 is 14.3 Å². The maximum Gasteiger partial charge on any atom is 0.340 e. The van der Waals surface area contributed by atoms with Crippen molar-refractivity contribution in [2.24, 2.45) is 0 Å². The Morgan fingerprint density at radius 1 is 1.09 bits per heavy atom. The van der Waals surface area contributed by atoms with Gasteiger partial charge in [-0.05, 0) is 24.6 Å². The highest BCUT2D eigenvalue weighted by Crippen LogP contribution is 2.16. The van der Waals surface area contributed by atoms with Crippen molar-refractivity contribution in [3.63, 3.8) is 0 Å². The average Bonchev–Trinajstić information content (AvgIpc) is 2.54. The Kier molecular flexibility index (Phi) is 5.55. The van der Waals surface area contributed by atoms with Crippen LogP contribution in [-0.4, -0.2) is 18.5 Å². The van der Waals surface area contributed by atoms with Crippen LogP contribution >= 0.6 is 11.6 Å². The van der Waals surface area contributed by atoms with Crippen LogP contribution in [0.5, 0.6) is 0 Å². The van der Waals surface area contributed by atoms with Crippen LogP contribution in [0.4, 0.5) is 0 Å². The van der Waals surface area contributed by atoms with Crippen molar-refractivity contribution >= 4 is 23.5 Å². The minimum atomic E-state index is -0.617. The van der Waals surface area contributed by atoms with Crippen molar-refractivity contribution in [3.05, 3.63) is 70.7 Å². The number of ether oxygens (including phenoxy) is 1. The number of amides is 1. The Hall–Kier alpha value is -2.33. The maximum absolute atomic E-state index is 11.8. The van der Waals surface area contributed by atoms with Crippen LogP contribution in [0.15, 0.2) is 54.6 Å². The topological polar surface area (TPSA) is 55.4 Å². The van der Waals surface area contributed by atoms with Gasteiger partial charge in [0.1, 0.15) is 0 Å². The molecule has 0 bridgehead atoms. The number of nitrogens with one attached hydrogen (secondary N) is 1. The van der Waals surface area contributed by atoms with E-state index in [2.05, 4.69) is 5.32 Å². The molecule has 1 atom stereocenters. The van der Waals surface area contributed by atoms with Crippen LogP contribution in [0.3, 0.4) is 0 Å². The third-order valence-corrected chi connectivity index (χ3v) is 3.43. The molecule has 2 aromatic carbocycles. The van der Waals surface area contributed by atoms with Crippen LogP contribution in [0.25, 0.3) is 0 Å². The molecule has 0 fully saturated rings. The van der Waals surface area contributed by atoms with Crippen molar-refractivity contribution in [3.8, 4) is 0 Å². The molecule has 0 aliphatic rings. The molecule has 1 amide bonds. The number of carbonyl (C=O) groups excluding carboxylic acids is 2. The second kappa shape index (κ2) is 7.61. The van der Waals surface area contributed by atoms with Gasteiger partial charge in [0.2, 0.25) is 0 Å². The van der Waals surface area contributed by atoms with E-state index >= 15 is 0 Å². The molecule has 0 aliphatic carbocycles. The van der Waals surface area contributed by atoms with Gasteiger partial charge in [-0.15, -0.1) is 0 Å². The molecule has 0 heterocycles. The molecule has 0 radical (unpaired) electrons. The Balaban J connectivity index is 1.85. The largest absolute Gasteiger partial charge is 0.452 e. The number of benzene rings is 2. The molecule has 0 unspecified atom stereocenters. The number of halogens is 1. The second-order valence-electron chi connectivity index (χ2n) is 4.76. The fourth-order valence-electron chi connectivity index (χ4n) is 1.94. The summed E-state index contributed by atoms with van der Waals surface area (Å²) in [4.78, 5) is 23.7. The highest BCUT2D eigenvalue weighted by molar-refractivity contribution is 6.33. The minimum Gasteiger partial charge on any atom is -0.452 e. The molecular formula is C17H16ClNO3. The highest BCUT2D eigenvalue weighted by atomic mass is 35.5. The van der Waals surface area contributed by atoms with Gasteiger partial charge in [0.05, 0.1) is 16.6 Å². The van der Waals surface area contributed by atoms with E-state index < -0.39 is 5.97 Å². The summed E-state index contributed by atoms with van der Waals surface area (Å²) in [6.45, 7) is 1.52. The van der Waals surface area contributed by atoms with Crippen molar-refractivity contribution in [1.82, 2.24) is 5.32 Å². The molecule has 2 aromatic rings. The lowest BCUT2D eigenvalue weighted by Crippen LogP contribution is -2.31. The van der Waals surface area contributed by atoms with Crippen LogP contribution in [0, 0.1) is 0 Å². The average molecular weight is 318 g/mol. The molecule has 0 aliphatic heterocycles. The summed E-state index contributed by atoms with van der Waals surface area (Å²) in [6.07, 6.45) is 0. The molecule has 114 valence electrons. The van der Waals surface area contributed by atoms with Crippen LogP contribution in [0.2, 0.25) is 5.02 Å². The number of carbonyl (C=O) groups is 2. The van der Waals surface area contributed by atoms with Gasteiger partial charge in [-0.2, -0.15) is 0 Å². The van der Waals surface area contributed by atoms with Gasteiger partial charge in [0.25, 0.3) is 5.91 Å². The quantitative estimate of drug-likeness (QED) is 0.860. The number of rotatable bonds is 5. The van der Waals surface area contributed by atoms with E-state index in [0.29, 0.717) is 5.02 Å². The second-order valence-corrected chi connectivity index (χ2v) is 5.16. The first-order valence-corrected chi connectivity index (χ1v) is 7.21. The van der Waals surface area contributed by atoms with Crippen molar-refractivity contribution in [2.75, 3.05) is 6.61 Å². The minimum absolute atomic E-state index is 0.160. The number of hydrogen-bond acceptors (Lipinski definition) is 3. The van der Waals surface area contributed by atoms with Crippen molar-refractivity contribution in [1.29, 1.82) is 0 Å². The van der Waals surface area contributed by atoms with E-state index in [-0.39, 0.29) is 24.1 Å².